The molecule has 0 spiro atoms. The number of rotatable bonds is 5. The normalized spacial score (nSPS) is 12.2. The minimum Gasteiger partial charge on any atom is -0.456 e. The van der Waals surface area contributed by atoms with Crippen LogP contribution in [-0.4, -0.2) is 13.3 Å². The molecule has 0 aliphatic heterocycles. The summed E-state index contributed by atoms with van der Waals surface area (Å²) in [6.07, 6.45) is 2.03. The third-order valence-electron chi connectivity index (χ3n) is 3.17. The first kappa shape index (κ1) is 15.2. The molecule has 0 amide bonds. The maximum absolute atomic E-state index is 6.32. The van der Waals surface area contributed by atoms with Crippen molar-refractivity contribution in [2.75, 3.05) is 13.3 Å². The highest BCUT2D eigenvalue weighted by molar-refractivity contribution is 7.98. The third-order valence-corrected chi connectivity index (χ3v) is 4.27. The number of hydrogen-bond acceptors (Lipinski definition) is 3. The summed E-state index contributed by atoms with van der Waals surface area (Å²) in [7, 11) is 1.92. The quantitative estimate of drug-likeness (QED) is 0.773. The van der Waals surface area contributed by atoms with E-state index in [0.717, 1.165) is 22.0 Å². The predicted octanol–water partition coefficient (Wildman–Crippen LogP) is 5.13. The maximum Gasteiger partial charge on any atom is 0.140 e. The Labute approximate surface area is 129 Å². The SMILES string of the molecule is CNC(C)c1ccc(Oc2ccccc2SC)cc1Cl. The first-order valence-electron chi connectivity index (χ1n) is 6.43. The van der Waals surface area contributed by atoms with E-state index < -0.39 is 0 Å². The van der Waals surface area contributed by atoms with Gasteiger partial charge in [-0.25, -0.2) is 0 Å². The number of ether oxygens (including phenoxy) is 1. The zero-order chi connectivity index (χ0) is 14.5. The van der Waals surface area contributed by atoms with Crippen LogP contribution >= 0.6 is 23.4 Å². The van der Waals surface area contributed by atoms with E-state index in [1.807, 2.05) is 55.8 Å². The van der Waals surface area contributed by atoms with Gasteiger partial charge < -0.3 is 10.1 Å². The lowest BCUT2D eigenvalue weighted by Crippen LogP contribution is -2.12. The molecule has 2 aromatic carbocycles. The molecule has 2 rings (SSSR count). The molecule has 0 saturated heterocycles. The highest BCUT2D eigenvalue weighted by atomic mass is 35.5. The van der Waals surface area contributed by atoms with E-state index in [4.69, 9.17) is 16.3 Å². The van der Waals surface area contributed by atoms with Gasteiger partial charge in [0, 0.05) is 16.0 Å². The molecule has 0 fully saturated rings. The molecule has 0 aliphatic rings. The van der Waals surface area contributed by atoms with Crippen LogP contribution in [0.2, 0.25) is 5.02 Å². The molecule has 0 aromatic heterocycles. The zero-order valence-corrected chi connectivity index (χ0v) is 13.4. The monoisotopic (exact) mass is 307 g/mol. The molecule has 0 bridgehead atoms. The van der Waals surface area contributed by atoms with E-state index in [2.05, 4.69) is 12.2 Å². The molecular formula is C16H18ClNOS. The van der Waals surface area contributed by atoms with Crippen molar-refractivity contribution in [3.8, 4) is 11.5 Å². The number of thioether (sulfide) groups is 1. The summed E-state index contributed by atoms with van der Waals surface area (Å²) in [5, 5.41) is 3.89. The number of para-hydroxylation sites is 1. The molecular weight excluding hydrogens is 290 g/mol. The van der Waals surface area contributed by atoms with Crippen molar-refractivity contribution in [3.63, 3.8) is 0 Å². The molecule has 20 heavy (non-hydrogen) atoms. The van der Waals surface area contributed by atoms with Crippen molar-refractivity contribution in [1.82, 2.24) is 5.32 Å². The summed E-state index contributed by atoms with van der Waals surface area (Å²) in [5.74, 6) is 1.61. The van der Waals surface area contributed by atoms with Crippen molar-refractivity contribution < 1.29 is 4.74 Å². The summed E-state index contributed by atoms with van der Waals surface area (Å²) < 4.78 is 5.92. The Hall–Kier alpha value is -1.16. The molecule has 1 N–H and O–H groups in total. The van der Waals surface area contributed by atoms with Gasteiger partial charge in [-0.2, -0.15) is 0 Å². The molecule has 1 atom stereocenters. The fourth-order valence-corrected chi connectivity index (χ4v) is 2.77. The molecule has 106 valence electrons. The van der Waals surface area contributed by atoms with Crippen molar-refractivity contribution in [2.24, 2.45) is 0 Å². The number of benzene rings is 2. The van der Waals surface area contributed by atoms with Crippen LogP contribution in [0.3, 0.4) is 0 Å². The zero-order valence-electron chi connectivity index (χ0n) is 11.8. The first-order chi connectivity index (χ1) is 9.65. The number of nitrogens with one attached hydrogen (secondary N) is 1. The van der Waals surface area contributed by atoms with Crippen molar-refractivity contribution >= 4 is 23.4 Å². The largest absolute Gasteiger partial charge is 0.456 e. The summed E-state index contributed by atoms with van der Waals surface area (Å²) in [6.45, 7) is 2.07. The van der Waals surface area contributed by atoms with E-state index in [-0.39, 0.29) is 6.04 Å². The standard InChI is InChI=1S/C16H18ClNOS/c1-11(18-2)13-9-8-12(10-14(13)17)19-15-6-4-5-7-16(15)20-3/h4-11,18H,1-3H3. The summed E-state index contributed by atoms with van der Waals surface area (Å²) in [4.78, 5) is 1.11. The van der Waals surface area contributed by atoms with Crippen LogP contribution in [0.5, 0.6) is 11.5 Å². The van der Waals surface area contributed by atoms with Gasteiger partial charge in [-0.1, -0.05) is 29.8 Å². The van der Waals surface area contributed by atoms with Gasteiger partial charge in [-0.3, -0.25) is 0 Å². The lowest BCUT2D eigenvalue weighted by Gasteiger charge is -2.14. The third kappa shape index (κ3) is 3.48. The fraction of sp³-hybridized carbons (Fsp3) is 0.250. The van der Waals surface area contributed by atoms with E-state index >= 15 is 0 Å². The van der Waals surface area contributed by atoms with E-state index in [0.29, 0.717) is 5.02 Å². The maximum atomic E-state index is 6.32. The molecule has 0 saturated carbocycles. The summed E-state index contributed by atoms with van der Waals surface area (Å²) >= 11 is 7.98. The Morgan fingerprint density at radius 1 is 1.20 bits per heavy atom. The van der Waals surface area contributed by atoms with Crippen LogP contribution in [0, 0.1) is 0 Å². The van der Waals surface area contributed by atoms with Gasteiger partial charge >= 0.3 is 0 Å². The van der Waals surface area contributed by atoms with Gasteiger partial charge in [-0.15, -0.1) is 11.8 Å². The minimum absolute atomic E-state index is 0.218. The molecule has 2 nitrogen and oxygen atoms in total. The second-order valence-electron chi connectivity index (χ2n) is 4.45. The second-order valence-corrected chi connectivity index (χ2v) is 5.70. The number of hydrogen-bond donors (Lipinski definition) is 1. The summed E-state index contributed by atoms with van der Waals surface area (Å²) in [6, 6.07) is 14.0. The molecule has 1 unspecified atom stereocenters. The highest BCUT2D eigenvalue weighted by Gasteiger charge is 2.10. The van der Waals surface area contributed by atoms with Crippen LogP contribution in [0.25, 0.3) is 0 Å². The van der Waals surface area contributed by atoms with Gasteiger partial charge in [0.05, 0.1) is 0 Å². The van der Waals surface area contributed by atoms with Crippen LogP contribution in [0.15, 0.2) is 47.4 Å². The van der Waals surface area contributed by atoms with Crippen molar-refractivity contribution in [2.45, 2.75) is 17.9 Å². The molecule has 0 aliphatic carbocycles. The van der Waals surface area contributed by atoms with Crippen molar-refractivity contribution in [1.29, 1.82) is 0 Å². The molecule has 4 heteroatoms. The Morgan fingerprint density at radius 3 is 2.60 bits per heavy atom. The smallest absolute Gasteiger partial charge is 0.140 e. The average molecular weight is 308 g/mol. The van der Waals surface area contributed by atoms with E-state index in [1.165, 1.54) is 0 Å². The topological polar surface area (TPSA) is 21.3 Å². The molecule has 0 heterocycles. The van der Waals surface area contributed by atoms with Crippen LogP contribution in [0.1, 0.15) is 18.5 Å². The Morgan fingerprint density at radius 2 is 1.95 bits per heavy atom. The van der Waals surface area contributed by atoms with Gasteiger partial charge in [0.2, 0.25) is 0 Å². The van der Waals surface area contributed by atoms with Crippen molar-refractivity contribution in [3.05, 3.63) is 53.1 Å². The fourth-order valence-electron chi connectivity index (χ4n) is 1.91. The lowest BCUT2D eigenvalue weighted by molar-refractivity contribution is 0.470. The molecule has 2 aromatic rings. The van der Waals surface area contributed by atoms with Gasteiger partial charge in [0.25, 0.3) is 0 Å². The first-order valence-corrected chi connectivity index (χ1v) is 8.03. The van der Waals surface area contributed by atoms with E-state index in [9.17, 15) is 0 Å². The molecule has 0 radical (unpaired) electrons. The summed E-state index contributed by atoms with van der Waals surface area (Å²) in [5.41, 5.74) is 1.07. The Bertz CT molecular complexity index is 588. The Kier molecular flexibility index (Phi) is 5.35. The second kappa shape index (κ2) is 7.02. The lowest BCUT2D eigenvalue weighted by atomic mass is 10.1. The van der Waals surface area contributed by atoms with Gasteiger partial charge in [0.15, 0.2) is 0 Å². The minimum atomic E-state index is 0.218. The predicted molar refractivity (Wildman–Crippen MR) is 87.2 cm³/mol. The van der Waals surface area contributed by atoms with Crippen LogP contribution < -0.4 is 10.1 Å². The van der Waals surface area contributed by atoms with Gasteiger partial charge in [0.1, 0.15) is 11.5 Å². The van der Waals surface area contributed by atoms with Crippen LogP contribution in [-0.2, 0) is 0 Å². The Balaban J connectivity index is 2.24. The van der Waals surface area contributed by atoms with Gasteiger partial charge in [-0.05, 0) is 50.1 Å². The van der Waals surface area contributed by atoms with Crippen LogP contribution in [0.4, 0.5) is 0 Å². The highest BCUT2D eigenvalue weighted by Crippen LogP contribution is 2.33. The number of halogens is 1. The average Bonchev–Trinajstić information content (AvgIpc) is 2.47. The van der Waals surface area contributed by atoms with E-state index in [1.54, 1.807) is 11.8 Å².